The van der Waals surface area contributed by atoms with Gasteiger partial charge in [-0.3, -0.25) is 0 Å². The van der Waals surface area contributed by atoms with Crippen molar-refractivity contribution in [3.8, 4) is 0 Å². The molecule has 0 aromatic heterocycles. The van der Waals surface area contributed by atoms with E-state index in [1.165, 1.54) is 6.26 Å². The van der Waals surface area contributed by atoms with E-state index in [4.69, 9.17) is 8.37 Å². The molecule has 4 bridgehead atoms. The molecule has 0 N–H and O–H groups in total. The Morgan fingerprint density at radius 1 is 0.886 bits per heavy atom. The zero-order chi connectivity index (χ0) is 24.9. The highest BCUT2D eigenvalue weighted by Gasteiger charge is 2.59. The average Bonchev–Trinajstić information content (AvgIpc) is 2.82. The van der Waals surface area contributed by atoms with Gasteiger partial charge in [-0.05, 0) is 86.8 Å². The van der Waals surface area contributed by atoms with E-state index in [1.54, 1.807) is 60.7 Å². The molecule has 35 heavy (non-hydrogen) atoms. The molecule has 0 heterocycles. The molecule has 4 aliphatic carbocycles. The predicted octanol–water partition coefficient (Wildman–Crippen LogP) is 6.15. The van der Waals surface area contributed by atoms with Crippen LogP contribution in [0.5, 0.6) is 0 Å². The first kappa shape index (κ1) is 24.7. The summed E-state index contributed by atoms with van der Waals surface area (Å²) in [4.78, 5) is 13.4. The third-order valence-corrected chi connectivity index (χ3v) is 12.8. The summed E-state index contributed by atoms with van der Waals surface area (Å²) in [5.74, 6) is -0.410. The second kappa shape index (κ2) is 8.85. The number of hydrogen-bond donors (Lipinski definition) is 0. The Hall–Kier alpha value is -1.97. The van der Waals surface area contributed by atoms with E-state index < -0.39 is 31.7 Å². The standard InChI is InChI=1S/C26H30F2O5S2/c1-34(22-8-4-2-5-9-22,23-10-6-3-7-11-23)33-35(30,31)26(27,28)24(29)32-18-25-15-19-12-20(16-25)14-21(13-19)17-25/h2-11,19-21H,12-18H2,1H3. The number of rotatable bonds is 8. The average molecular weight is 525 g/mol. The zero-order valence-electron chi connectivity index (χ0n) is 19.6. The molecule has 0 saturated heterocycles. The number of esters is 1. The molecule has 5 nitrogen and oxygen atoms in total. The van der Waals surface area contributed by atoms with Crippen LogP contribution in [-0.4, -0.2) is 32.5 Å². The molecule has 0 atom stereocenters. The number of hydrogen-bond acceptors (Lipinski definition) is 5. The number of ether oxygens (including phenoxy) is 1. The highest BCUT2D eigenvalue weighted by atomic mass is 32.3. The first-order chi connectivity index (χ1) is 16.5. The lowest BCUT2D eigenvalue weighted by Gasteiger charge is -2.56. The van der Waals surface area contributed by atoms with Gasteiger partial charge in [0.15, 0.2) is 0 Å². The lowest BCUT2D eigenvalue weighted by atomic mass is 9.50. The molecule has 4 aliphatic rings. The molecule has 0 amide bonds. The summed E-state index contributed by atoms with van der Waals surface area (Å²) in [5, 5.41) is -4.83. The van der Waals surface area contributed by atoms with Crippen molar-refractivity contribution >= 4 is 26.4 Å². The highest BCUT2D eigenvalue weighted by Crippen LogP contribution is 2.63. The van der Waals surface area contributed by atoms with E-state index in [1.807, 2.05) is 0 Å². The number of carbonyl (C=O) groups is 1. The Morgan fingerprint density at radius 2 is 1.31 bits per heavy atom. The Bertz CT molecular complexity index is 1110. The van der Waals surface area contributed by atoms with Gasteiger partial charge in [-0.15, -0.1) is 0 Å². The van der Waals surface area contributed by atoms with Gasteiger partial charge in [0.2, 0.25) is 0 Å². The predicted molar refractivity (Wildman–Crippen MR) is 129 cm³/mol. The Kier molecular flexibility index (Phi) is 6.25. The van der Waals surface area contributed by atoms with E-state index in [-0.39, 0.29) is 12.0 Å². The largest absolute Gasteiger partial charge is 0.466 e. The van der Waals surface area contributed by atoms with Gasteiger partial charge < -0.3 is 4.74 Å². The summed E-state index contributed by atoms with van der Waals surface area (Å²) in [5.41, 5.74) is -0.307. The second-order valence-corrected chi connectivity index (χ2v) is 15.1. The number of benzene rings is 2. The van der Waals surface area contributed by atoms with Crippen molar-refractivity contribution in [1.82, 2.24) is 0 Å². The zero-order valence-corrected chi connectivity index (χ0v) is 21.2. The molecule has 2 aromatic rings. The minimum absolute atomic E-state index is 0.165. The molecule has 190 valence electrons. The van der Waals surface area contributed by atoms with Crippen molar-refractivity contribution in [2.24, 2.45) is 23.2 Å². The second-order valence-electron chi connectivity index (χ2n) is 10.5. The molecule has 4 saturated carbocycles. The SMILES string of the molecule is CS(OS(=O)(=O)C(F)(F)C(=O)OCC12CC3CC(CC(C3)C1)C2)(c1ccccc1)c1ccccc1. The number of alkyl halides is 2. The van der Waals surface area contributed by atoms with Crippen molar-refractivity contribution in [1.29, 1.82) is 0 Å². The molecule has 0 spiro atoms. The van der Waals surface area contributed by atoms with Crippen LogP contribution in [0.3, 0.4) is 0 Å². The van der Waals surface area contributed by atoms with Crippen LogP contribution in [0.1, 0.15) is 38.5 Å². The molecule has 9 heteroatoms. The number of carbonyl (C=O) groups excluding carboxylic acids is 1. The summed E-state index contributed by atoms with van der Waals surface area (Å²) >= 11 is 0. The summed E-state index contributed by atoms with van der Waals surface area (Å²) in [6, 6.07) is 16.7. The van der Waals surface area contributed by atoms with E-state index in [0.29, 0.717) is 27.5 Å². The molecule has 0 radical (unpaired) electrons. The molecule has 4 fully saturated rings. The number of halogens is 2. The van der Waals surface area contributed by atoms with Gasteiger partial charge in [-0.2, -0.15) is 17.2 Å². The van der Waals surface area contributed by atoms with Crippen LogP contribution in [0.15, 0.2) is 70.5 Å². The van der Waals surface area contributed by atoms with Crippen LogP contribution in [0.2, 0.25) is 0 Å². The van der Waals surface area contributed by atoms with Gasteiger partial charge in [0.1, 0.15) is 0 Å². The van der Waals surface area contributed by atoms with E-state index in [9.17, 15) is 13.2 Å². The fourth-order valence-electron chi connectivity index (χ4n) is 6.67. The van der Waals surface area contributed by atoms with Gasteiger partial charge in [-0.1, -0.05) is 46.7 Å². The van der Waals surface area contributed by atoms with Gasteiger partial charge in [0, 0.05) is 15.2 Å². The first-order valence-corrected chi connectivity index (χ1v) is 15.3. The van der Waals surface area contributed by atoms with Crippen LogP contribution < -0.4 is 0 Å². The molecular weight excluding hydrogens is 494 g/mol. The van der Waals surface area contributed by atoms with Crippen LogP contribution in [0, 0.1) is 23.2 Å². The maximum atomic E-state index is 15.1. The molecular formula is C26H30F2O5S2. The molecule has 2 aromatic carbocycles. The van der Waals surface area contributed by atoms with E-state index >= 15 is 8.78 Å². The maximum Gasteiger partial charge on any atom is 0.466 e. The van der Waals surface area contributed by atoms with E-state index in [2.05, 4.69) is 0 Å². The minimum atomic E-state index is -5.66. The normalized spacial score (nSPS) is 28.6. The minimum Gasteiger partial charge on any atom is -0.460 e. The maximum absolute atomic E-state index is 15.1. The van der Waals surface area contributed by atoms with Crippen LogP contribution in [-0.2, 0) is 23.3 Å². The fraction of sp³-hybridized carbons (Fsp3) is 0.500. The van der Waals surface area contributed by atoms with Crippen molar-refractivity contribution < 1.29 is 30.4 Å². The Labute approximate surface area is 206 Å². The molecule has 0 unspecified atom stereocenters. The molecule has 0 aliphatic heterocycles. The summed E-state index contributed by atoms with van der Waals surface area (Å²) in [6.07, 6.45) is 7.51. The summed E-state index contributed by atoms with van der Waals surface area (Å²) < 4.78 is 66.5. The summed E-state index contributed by atoms with van der Waals surface area (Å²) in [7, 11) is -8.56. The highest BCUT2D eigenvalue weighted by molar-refractivity contribution is 8.32. The van der Waals surface area contributed by atoms with E-state index in [0.717, 1.165) is 38.5 Å². The summed E-state index contributed by atoms with van der Waals surface area (Å²) in [6.45, 7) is -0.165. The van der Waals surface area contributed by atoms with Gasteiger partial charge >= 0.3 is 21.3 Å². The van der Waals surface area contributed by atoms with Crippen LogP contribution in [0.4, 0.5) is 8.78 Å². The van der Waals surface area contributed by atoms with Gasteiger partial charge in [0.05, 0.1) is 6.61 Å². The van der Waals surface area contributed by atoms with Crippen molar-refractivity contribution in [3.63, 3.8) is 0 Å². The first-order valence-electron chi connectivity index (χ1n) is 11.9. The van der Waals surface area contributed by atoms with Gasteiger partial charge in [-0.25, -0.2) is 8.42 Å². The van der Waals surface area contributed by atoms with Crippen LogP contribution >= 0.6 is 10.3 Å². The quantitative estimate of drug-likeness (QED) is 0.387. The van der Waals surface area contributed by atoms with Crippen molar-refractivity contribution in [3.05, 3.63) is 60.7 Å². The monoisotopic (exact) mass is 524 g/mol. The fourth-order valence-corrected chi connectivity index (χ4v) is 11.0. The Balaban J connectivity index is 1.36. The third kappa shape index (κ3) is 4.51. The van der Waals surface area contributed by atoms with Gasteiger partial charge in [0.25, 0.3) is 0 Å². The lowest BCUT2D eigenvalue weighted by molar-refractivity contribution is -0.171. The van der Waals surface area contributed by atoms with Crippen molar-refractivity contribution in [2.45, 2.75) is 53.6 Å². The third-order valence-electron chi connectivity index (χ3n) is 7.84. The lowest BCUT2D eigenvalue weighted by Crippen LogP contribution is -2.49. The Morgan fingerprint density at radius 3 is 1.74 bits per heavy atom. The van der Waals surface area contributed by atoms with Crippen molar-refractivity contribution in [2.75, 3.05) is 12.9 Å². The smallest absolute Gasteiger partial charge is 0.460 e. The van der Waals surface area contributed by atoms with Crippen LogP contribution in [0.25, 0.3) is 0 Å². The molecule has 6 rings (SSSR count). The topological polar surface area (TPSA) is 69.7 Å².